The molecule has 1 aliphatic carbocycles. The van der Waals surface area contributed by atoms with Crippen molar-refractivity contribution < 1.29 is 27.4 Å². The number of carboxylic acids is 1. The van der Waals surface area contributed by atoms with Gasteiger partial charge in [-0.15, -0.1) is 0 Å². The predicted molar refractivity (Wildman–Crippen MR) is 133 cm³/mol. The number of halogens is 1. The second-order valence-electron chi connectivity index (χ2n) is 10.7. The van der Waals surface area contributed by atoms with Crippen molar-refractivity contribution in [2.75, 3.05) is 17.9 Å². The topological polar surface area (TPSA) is 95.9 Å². The van der Waals surface area contributed by atoms with Gasteiger partial charge in [-0.2, -0.15) is 0 Å². The average molecular weight is 515 g/mol. The van der Waals surface area contributed by atoms with E-state index in [0.29, 0.717) is 36.6 Å². The largest absolute Gasteiger partial charge is 0.492 e. The van der Waals surface area contributed by atoms with Gasteiger partial charge in [-0.1, -0.05) is 13.0 Å². The summed E-state index contributed by atoms with van der Waals surface area (Å²) in [5.41, 5.74) is 1.05. The van der Waals surface area contributed by atoms with Crippen LogP contribution < -0.4 is 9.46 Å². The quantitative estimate of drug-likeness (QED) is 0.560. The zero-order chi connectivity index (χ0) is 25.2. The number of aromatic carboxylic acids is 1. The molecule has 36 heavy (non-hydrogen) atoms. The zero-order valence-corrected chi connectivity index (χ0v) is 21.1. The van der Waals surface area contributed by atoms with E-state index < -0.39 is 21.8 Å². The number of benzene rings is 2. The summed E-state index contributed by atoms with van der Waals surface area (Å²) in [5, 5.41) is 9.93. The number of carboxylic acid groups (broad SMARTS) is 1. The highest BCUT2D eigenvalue weighted by Crippen LogP contribution is 2.55. The van der Waals surface area contributed by atoms with E-state index in [1.54, 1.807) is 6.07 Å². The Morgan fingerprint density at radius 2 is 1.92 bits per heavy atom. The van der Waals surface area contributed by atoms with Crippen LogP contribution in [0.5, 0.6) is 5.75 Å². The SMILES string of the molecule is CCN1[C@@H]2CC[C@H]1CC(Cc1cc(F)ccc1S(=O)(=O)Nc1ccc3c(c1C(=O)O)OC[C@@H]1C[C@H]31)C2. The van der Waals surface area contributed by atoms with Gasteiger partial charge in [0.2, 0.25) is 0 Å². The Balaban J connectivity index is 1.30. The molecular weight excluding hydrogens is 483 g/mol. The van der Waals surface area contributed by atoms with Crippen LogP contribution in [0.25, 0.3) is 0 Å². The fourth-order valence-electron chi connectivity index (χ4n) is 6.90. The van der Waals surface area contributed by atoms with Crippen molar-refractivity contribution in [3.05, 3.63) is 52.8 Å². The average Bonchev–Trinajstić information content (AvgIpc) is 3.57. The van der Waals surface area contributed by atoms with Crippen molar-refractivity contribution in [2.24, 2.45) is 11.8 Å². The van der Waals surface area contributed by atoms with Crippen LogP contribution in [0.15, 0.2) is 35.2 Å². The highest BCUT2D eigenvalue weighted by atomic mass is 32.2. The molecule has 6 rings (SSSR count). The van der Waals surface area contributed by atoms with E-state index in [-0.39, 0.29) is 33.7 Å². The van der Waals surface area contributed by atoms with Crippen molar-refractivity contribution in [3.8, 4) is 5.75 Å². The van der Waals surface area contributed by atoms with Gasteiger partial charge in [-0.25, -0.2) is 17.6 Å². The molecule has 0 radical (unpaired) electrons. The summed E-state index contributed by atoms with van der Waals surface area (Å²) in [5.74, 6) is -0.525. The van der Waals surface area contributed by atoms with Crippen LogP contribution in [0.4, 0.5) is 10.1 Å². The number of fused-ring (bicyclic) bond motifs is 5. The van der Waals surface area contributed by atoms with Crippen LogP contribution in [0.2, 0.25) is 0 Å². The molecule has 2 bridgehead atoms. The second-order valence-corrected chi connectivity index (χ2v) is 12.4. The van der Waals surface area contributed by atoms with Gasteiger partial charge in [0.05, 0.1) is 17.2 Å². The Morgan fingerprint density at radius 1 is 1.17 bits per heavy atom. The van der Waals surface area contributed by atoms with Gasteiger partial charge < -0.3 is 9.84 Å². The Hall–Kier alpha value is -2.65. The summed E-state index contributed by atoms with van der Waals surface area (Å²) in [7, 11) is -4.17. The summed E-state index contributed by atoms with van der Waals surface area (Å²) in [6, 6.07) is 8.01. The van der Waals surface area contributed by atoms with Gasteiger partial charge in [0.25, 0.3) is 10.0 Å². The second kappa shape index (κ2) is 8.73. The van der Waals surface area contributed by atoms with Gasteiger partial charge in [0.1, 0.15) is 17.1 Å². The number of rotatable bonds is 7. The number of sulfonamides is 1. The summed E-state index contributed by atoms with van der Waals surface area (Å²) in [6.07, 6.45) is 5.69. The van der Waals surface area contributed by atoms with Crippen LogP contribution in [-0.2, 0) is 16.4 Å². The van der Waals surface area contributed by atoms with Crippen LogP contribution >= 0.6 is 0 Å². The smallest absolute Gasteiger partial charge is 0.341 e. The minimum absolute atomic E-state index is 0.00796. The lowest BCUT2D eigenvalue weighted by atomic mass is 9.86. The molecule has 3 fully saturated rings. The van der Waals surface area contributed by atoms with Crippen LogP contribution in [0.3, 0.4) is 0 Å². The summed E-state index contributed by atoms with van der Waals surface area (Å²) in [4.78, 5) is 14.7. The predicted octanol–water partition coefficient (Wildman–Crippen LogP) is 4.63. The zero-order valence-electron chi connectivity index (χ0n) is 20.2. The number of nitrogens with zero attached hydrogens (tertiary/aromatic N) is 1. The molecule has 9 heteroatoms. The van der Waals surface area contributed by atoms with Gasteiger partial charge in [-0.3, -0.25) is 9.62 Å². The molecule has 0 amide bonds. The molecule has 4 aliphatic rings. The standard InChI is InChI=1S/C27H31FN2O5S/c1-2-30-19-4-5-20(30)11-15(10-19)9-16-12-18(28)3-8-24(16)36(33,34)29-23-7-6-21-22-13-17(22)14-35-26(21)25(23)27(31)32/h3,6-8,12,15,17,19-20,22,29H,2,4-5,9-11,13-14H2,1H3,(H,31,32)/t15?,17-,19-,20+,22-/m0/s1. The molecule has 0 aromatic heterocycles. The fraction of sp³-hybridized carbons (Fsp3) is 0.519. The molecule has 3 heterocycles. The number of hydrogen-bond acceptors (Lipinski definition) is 5. The summed E-state index contributed by atoms with van der Waals surface area (Å²) < 4.78 is 49.6. The lowest BCUT2D eigenvalue weighted by Crippen LogP contribution is -2.43. The van der Waals surface area contributed by atoms with E-state index in [1.807, 2.05) is 0 Å². The number of hydrogen-bond donors (Lipinski definition) is 2. The molecule has 2 aromatic carbocycles. The third-order valence-electron chi connectivity index (χ3n) is 8.58. The molecule has 2 aromatic rings. The van der Waals surface area contributed by atoms with E-state index in [1.165, 1.54) is 18.2 Å². The molecule has 5 atom stereocenters. The number of anilines is 1. The summed E-state index contributed by atoms with van der Waals surface area (Å²) in [6.45, 7) is 3.63. The minimum atomic E-state index is -4.17. The maximum absolute atomic E-state index is 14.3. The van der Waals surface area contributed by atoms with Crippen molar-refractivity contribution in [3.63, 3.8) is 0 Å². The highest BCUT2D eigenvalue weighted by Gasteiger charge is 2.45. The number of ether oxygens (including phenoxy) is 1. The summed E-state index contributed by atoms with van der Waals surface area (Å²) >= 11 is 0. The van der Waals surface area contributed by atoms with E-state index in [0.717, 1.165) is 50.3 Å². The Kier molecular flexibility index (Phi) is 5.75. The number of carbonyl (C=O) groups is 1. The first kappa shape index (κ1) is 23.7. The van der Waals surface area contributed by atoms with Gasteiger partial charge in [0, 0.05) is 18.0 Å². The van der Waals surface area contributed by atoms with Crippen LogP contribution in [0.1, 0.15) is 66.4 Å². The first-order valence-electron chi connectivity index (χ1n) is 12.8. The van der Waals surface area contributed by atoms with Gasteiger partial charge in [0.15, 0.2) is 0 Å². The first-order valence-corrected chi connectivity index (χ1v) is 14.3. The van der Waals surface area contributed by atoms with Crippen molar-refractivity contribution >= 4 is 21.7 Å². The van der Waals surface area contributed by atoms with E-state index in [4.69, 9.17) is 4.74 Å². The first-order chi connectivity index (χ1) is 17.2. The van der Waals surface area contributed by atoms with E-state index in [2.05, 4.69) is 16.5 Å². The van der Waals surface area contributed by atoms with Crippen LogP contribution in [-0.4, -0.2) is 49.6 Å². The van der Waals surface area contributed by atoms with Gasteiger partial charge in [-0.05, 0) is 92.3 Å². The Labute approximate surface area is 210 Å². The van der Waals surface area contributed by atoms with Gasteiger partial charge >= 0.3 is 5.97 Å². The number of nitrogens with one attached hydrogen (secondary N) is 1. The van der Waals surface area contributed by atoms with Crippen molar-refractivity contribution in [1.29, 1.82) is 0 Å². The van der Waals surface area contributed by atoms with E-state index >= 15 is 0 Å². The molecule has 7 nitrogen and oxygen atoms in total. The normalized spacial score (nSPS) is 28.7. The molecule has 3 aliphatic heterocycles. The highest BCUT2D eigenvalue weighted by molar-refractivity contribution is 7.92. The third kappa shape index (κ3) is 4.06. The van der Waals surface area contributed by atoms with Crippen molar-refractivity contribution in [2.45, 2.75) is 68.3 Å². The molecule has 0 spiro atoms. The molecule has 192 valence electrons. The molecule has 2 saturated heterocycles. The lowest BCUT2D eigenvalue weighted by molar-refractivity contribution is 0.0692. The monoisotopic (exact) mass is 514 g/mol. The molecule has 1 unspecified atom stereocenters. The maximum atomic E-state index is 14.3. The fourth-order valence-corrected chi connectivity index (χ4v) is 8.20. The Bertz CT molecular complexity index is 1320. The van der Waals surface area contributed by atoms with Crippen LogP contribution in [0, 0.1) is 17.7 Å². The third-order valence-corrected chi connectivity index (χ3v) is 10.0. The minimum Gasteiger partial charge on any atom is -0.492 e. The number of piperidine rings is 1. The lowest BCUT2D eigenvalue weighted by Gasteiger charge is -2.38. The molecule has 1 saturated carbocycles. The van der Waals surface area contributed by atoms with Crippen molar-refractivity contribution in [1.82, 2.24) is 4.90 Å². The maximum Gasteiger partial charge on any atom is 0.341 e. The van der Waals surface area contributed by atoms with E-state index in [9.17, 15) is 22.7 Å². The Morgan fingerprint density at radius 3 is 2.61 bits per heavy atom. The molecule has 2 N–H and O–H groups in total. The molecular formula is C27H31FN2O5S.